The molecule has 2 atom stereocenters. The number of hydrogen-bond acceptors (Lipinski definition) is 4. The monoisotopic (exact) mass is 536 g/mol. The summed E-state index contributed by atoms with van der Waals surface area (Å²) in [4.78, 5) is 0. The van der Waals surface area contributed by atoms with Gasteiger partial charge in [0.15, 0.2) is 0 Å². The van der Waals surface area contributed by atoms with Gasteiger partial charge in [0.2, 0.25) is 0 Å². The molecule has 2 saturated carbocycles. The first-order chi connectivity index (χ1) is 14.2. The highest BCUT2D eigenvalue weighted by atomic mass is 79.9. The number of hydrogen-bond donors (Lipinski definition) is 3. The van der Waals surface area contributed by atoms with Gasteiger partial charge >= 0.3 is 0 Å². The van der Waals surface area contributed by atoms with Crippen molar-refractivity contribution in [3.05, 3.63) is 43.3 Å². The number of rotatable bonds is 1. The second-order valence-corrected chi connectivity index (χ2v) is 10.9. The highest BCUT2D eigenvalue weighted by molar-refractivity contribution is 9.10. The molecule has 0 unspecified atom stereocenters. The van der Waals surface area contributed by atoms with Crippen LogP contribution in [0.1, 0.15) is 67.2 Å². The van der Waals surface area contributed by atoms with Crippen molar-refractivity contribution in [2.75, 3.05) is 0 Å². The third-order valence-corrected chi connectivity index (χ3v) is 9.15. The molecule has 1 aliphatic heterocycles. The van der Waals surface area contributed by atoms with Crippen LogP contribution in [0.2, 0.25) is 0 Å². The summed E-state index contributed by atoms with van der Waals surface area (Å²) in [6.07, 6.45) is 7.38. The second-order valence-electron chi connectivity index (χ2n) is 9.24. The average Bonchev–Trinajstić information content (AvgIpc) is 3.38. The van der Waals surface area contributed by atoms with Crippen LogP contribution in [0, 0.1) is 19.8 Å². The Kier molecular flexibility index (Phi) is 4.64. The van der Waals surface area contributed by atoms with E-state index in [9.17, 15) is 15.3 Å². The molecule has 1 spiro atoms. The molecule has 0 amide bonds. The van der Waals surface area contributed by atoms with Crippen LogP contribution < -0.4 is 4.74 Å². The van der Waals surface area contributed by atoms with E-state index in [1.165, 1.54) is 18.4 Å². The average molecular weight is 538 g/mol. The predicted octanol–water partition coefficient (Wildman–Crippen LogP) is 6.85. The molecule has 2 aromatic carbocycles. The van der Waals surface area contributed by atoms with Gasteiger partial charge in [0.1, 0.15) is 28.6 Å². The van der Waals surface area contributed by atoms with E-state index in [1.807, 2.05) is 13.0 Å². The number of phenols is 3. The minimum Gasteiger partial charge on any atom is -0.507 e. The van der Waals surface area contributed by atoms with E-state index in [2.05, 4.69) is 37.9 Å². The number of halogens is 2. The highest BCUT2D eigenvalue weighted by Gasteiger charge is 2.62. The molecule has 2 aromatic rings. The molecule has 5 rings (SSSR count). The predicted molar refractivity (Wildman–Crippen MR) is 123 cm³/mol. The molecule has 0 saturated heterocycles. The molecule has 3 aliphatic rings. The lowest BCUT2D eigenvalue weighted by Crippen LogP contribution is -2.51. The van der Waals surface area contributed by atoms with Crippen molar-refractivity contribution < 1.29 is 20.1 Å². The Labute approximate surface area is 193 Å². The fourth-order valence-electron chi connectivity index (χ4n) is 6.52. The summed E-state index contributed by atoms with van der Waals surface area (Å²) >= 11 is 7.02. The van der Waals surface area contributed by atoms with Gasteiger partial charge in [-0.2, -0.15) is 0 Å². The van der Waals surface area contributed by atoms with E-state index in [0.29, 0.717) is 14.5 Å². The summed E-state index contributed by atoms with van der Waals surface area (Å²) in [5, 5.41) is 32.1. The lowest BCUT2D eigenvalue weighted by atomic mass is 9.60. The molecule has 0 aromatic heterocycles. The maximum atomic E-state index is 11.1. The standard InChI is InChI=1S/C24H26Br2O4/c1-12-19(27)14(10-16(25)20(12)28)24-9-5-6-18(24)23(7-3-4-8-23)15-11-17(26)21(29)13(2)22(15)30-24/h10-11,18,27-29H,3-9H2,1-2H3/t18-,24-/m0/s1. The highest BCUT2D eigenvalue weighted by Crippen LogP contribution is 2.67. The molecule has 30 heavy (non-hydrogen) atoms. The van der Waals surface area contributed by atoms with Gasteiger partial charge in [-0.3, -0.25) is 0 Å². The van der Waals surface area contributed by atoms with E-state index in [1.54, 1.807) is 6.92 Å². The van der Waals surface area contributed by atoms with E-state index in [0.717, 1.165) is 49.0 Å². The van der Waals surface area contributed by atoms with Gasteiger partial charge in [0.25, 0.3) is 0 Å². The second kappa shape index (κ2) is 6.80. The molecule has 3 N–H and O–H groups in total. The van der Waals surface area contributed by atoms with Crippen molar-refractivity contribution in [3.63, 3.8) is 0 Å². The number of fused-ring (bicyclic) bond motifs is 4. The minimum atomic E-state index is -0.673. The quantitative estimate of drug-likeness (QED) is 0.372. The third kappa shape index (κ3) is 2.49. The van der Waals surface area contributed by atoms with Gasteiger partial charge in [-0.25, -0.2) is 0 Å². The molecule has 0 radical (unpaired) electrons. The topological polar surface area (TPSA) is 69.9 Å². The fourth-order valence-corrected chi connectivity index (χ4v) is 7.57. The summed E-state index contributed by atoms with van der Waals surface area (Å²) < 4.78 is 8.15. The molecule has 6 heteroatoms. The van der Waals surface area contributed by atoms with Gasteiger partial charge in [-0.05, 0) is 89.9 Å². The maximum absolute atomic E-state index is 11.1. The number of aromatic hydroxyl groups is 3. The Morgan fingerprint density at radius 2 is 1.43 bits per heavy atom. The summed E-state index contributed by atoms with van der Waals surface area (Å²) in [6.45, 7) is 3.64. The van der Waals surface area contributed by atoms with Crippen molar-refractivity contribution in [2.24, 2.45) is 5.92 Å². The zero-order valence-electron chi connectivity index (χ0n) is 17.2. The van der Waals surface area contributed by atoms with Crippen molar-refractivity contribution in [1.29, 1.82) is 0 Å². The SMILES string of the molecule is Cc1c(O)c(Br)cc([C@@]23CCC[C@H]2C2(CCCC2)c2cc(Br)c(O)c(C)c2O3)c1O. The normalized spacial score (nSPS) is 26.5. The number of phenolic OH excluding ortho intramolecular Hbond substituents is 3. The molecule has 2 fully saturated rings. The van der Waals surface area contributed by atoms with Crippen LogP contribution in [-0.4, -0.2) is 15.3 Å². The van der Waals surface area contributed by atoms with Gasteiger partial charge in [-0.15, -0.1) is 0 Å². The van der Waals surface area contributed by atoms with E-state index in [4.69, 9.17) is 4.74 Å². The molecule has 0 bridgehead atoms. The zero-order valence-corrected chi connectivity index (χ0v) is 20.4. The van der Waals surface area contributed by atoms with Crippen molar-refractivity contribution in [3.8, 4) is 23.0 Å². The maximum Gasteiger partial charge on any atom is 0.141 e. The van der Waals surface area contributed by atoms with Crippen molar-refractivity contribution >= 4 is 31.9 Å². The molecule has 160 valence electrons. The Morgan fingerprint density at radius 3 is 2.10 bits per heavy atom. The lowest BCUT2D eigenvalue weighted by molar-refractivity contribution is -0.0373. The van der Waals surface area contributed by atoms with Crippen LogP contribution in [0.25, 0.3) is 0 Å². The Balaban J connectivity index is 1.83. The molecule has 4 nitrogen and oxygen atoms in total. The molecular formula is C24H26Br2O4. The van der Waals surface area contributed by atoms with Gasteiger partial charge in [0, 0.05) is 33.6 Å². The van der Waals surface area contributed by atoms with E-state index < -0.39 is 5.60 Å². The number of benzene rings is 2. The Bertz CT molecular complexity index is 1060. The van der Waals surface area contributed by atoms with Crippen molar-refractivity contribution in [2.45, 2.75) is 69.8 Å². The lowest BCUT2D eigenvalue weighted by Gasteiger charge is -2.52. The van der Waals surface area contributed by atoms with Crippen LogP contribution in [0.5, 0.6) is 23.0 Å². The smallest absolute Gasteiger partial charge is 0.141 e. The van der Waals surface area contributed by atoms with Crippen LogP contribution >= 0.6 is 31.9 Å². The zero-order chi connectivity index (χ0) is 21.4. The van der Waals surface area contributed by atoms with Gasteiger partial charge in [0.05, 0.1) is 8.95 Å². The fraction of sp³-hybridized carbons (Fsp3) is 0.500. The van der Waals surface area contributed by atoms with Crippen LogP contribution in [0.15, 0.2) is 21.1 Å². The van der Waals surface area contributed by atoms with Crippen molar-refractivity contribution in [1.82, 2.24) is 0 Å². The number of ether oxygens (including phenoxy) is 1. The third-order valence-electron chi connectivity index (χ3n) is 7.94. The summed E-state index contributed by atoms with van der Waals surface area (Å²) in [6, 6.07) is 3.89. The summed E-state index contributed by atoms with van der Waals surface area (Å²) in [7, 11) is 0. The van der Waals surface area contributed by atoms with Crippen LogP contribution in [0.3, 0.4) is 0 Å². The minimum absolute atomic E-state index is 0.0320. The van der Waals surface area contributed by atoms with Crippen LogP contribution in [0.4, 0.5) is 0 Å². The first-order valence-corrected chi connectivity index (χ1v) is 12.2. The summed E-state index contributed by atoms with van der Waals surface area (Å²) in [5.41, 5.74) is 2.43. The van der Waals surface area contributed by atoms with Gasteiger partial charge in [-0.1, -0.05) is 12.8 Å². The van der Waals surface area contributed by atoms with E-state index >= 15 is 0 Å². The largest absolute Gasteiger partial charge is 0.507 e. The van der Waals surface area contributed by atoms with E-state index in [-0.39, 0.29) is 28.6 Å². The molecule has 1 heterocycles. The summed E-state index contributed by atoms with van der Waals surface area (Å²) in [5.74, 6) is 1.38. The van der Waals surface area contributed by atoms with Gasteiger partial charge < -0.3 is 20.1 Å². The molecular weight excluding hydrogens is 512 g/mol. The Morgan fingerprint density at radius 1 is 0.833 bits per heavy atom. The Hall–Kier alpha value is -1.40. The van der Waals surface area contributed by atoms with Crippen LogP contribution in [-0.2, 0) is 11.0 Å². The molecule has 2 aliphatic carbocycles. The first kappa shape index (κ1) is 20.5. The first-order valence-electron chi connectivity index (χ1n) is 10.7.